The zero-order valence-electron chi connectivity index (χ0n) is 10.8. The Bertz CT molecular complexity index is 391. The van der Waals surface area contributed by atoms with Gasteiger partial charge in [0.05, 0.1) is 0 Å². The maximum absolute atomic E-state index is 3.60. The number of fused-ring (bicyclic) bond motifs is 1. The Kier molecular flexibility index (Phi) is 3.19. The second kappa shape index (κ2) is 4.81. The molecule has 1 heteroatoms. The predicted octanol–water partition coefficient (Wildman–Crippen LogP) is 3.42. The lowest BCUT2D eigenvalue weighted by Gasteiger charge is -2.23. The first-order chi connectivity index (χ1) is 8.33. The first kappa shape index (κ1) is 11.3. The van der Waals surface area contributed by atoms with Gasteiger partial charge in [0.25, 0.3) is 0 Å². The van der Waals surface area contributed by atoms with E-state index in [0.717, 1.165) is 12.0 Å². The van der Waals surface area contributed by atoms with Crippen molar-refractivity contribution >= 4 is 0 Å². The van der Waals surface area contributed by atoms with E-state index in [1.165, 1.54) is 50.6 Å². The Hall–Kier alpha value is -0.820. The van der Waals surface area contributed by atoms with Gasteiger partial charge in [-0.15, -0.1) is 0 Å². The summed E-state index contributed by atoms with van der Waals surface area (Å²) in [5.74, 6) is 0.773. The van der Waals surface area contributed by atoms with Crippen LogP contribution in [0.15, 0.2) is 18.2 Å². The van der Waals surface area contributed by atoms with Crippen LogP contribution in [0.4, 0.5) is 0 Å². The van der Waals surface area contributed by atoms with Crippen molar-refractivity contribution in [2.75, 3.05) is 6.54 Å². The van der Waals surface area contributed by atoms with Gasteiger partial charge in [-0.2, -0.15) is 0 Å². The summed E-state index contributed by atoms with van der Waals surface area (Å²) >= 11 is 0. The van der Waals surface area contributed by atoms with Crippen LogP contribution in [0.3, 0.4) is 0 Å². The molecule has 0 saturated carbocycles. The van der Waals surface area contributed by atoms with Crippen LogP contribution in [0.25, 0.3) is 0 Å². The normalized spacial score (nSPS) is 28.1. The van der Waals surface area contributed by atoms with Crippen molar-refractivity contribution in [1.82, 2.24) is 5.32 Å². The minimum absolute atomic E-state index is 0.729. The van der Waals surface area contributed by atoms with E-state index < -0.39 is 0 Å². The van der Waals surface area contributed by atoms with Gasteiger partial charge in [-0.1, -0.05) is 25.1 Å². The van der Waals surface area contributed by atoms with Crippen molar-refractivity contribution in [1.29, 1.82) is 0 Å². The van der Waals surface area contributed by atoms with E-state index in [0.29, 0.717) is 0 Å². The molecule has 2 aliphatic rings. The molecule has 1 heterocycles. The van der Waals surface area contributed by atoms with Gasteiger partial charge in [0.2, 0.25) is 0 Å². The number of hydrogen-bond acceptors (Lipinski definition) is 1. The molecule has 1 aromatic rings. The van der Waals surface area contributed by atoms with Crippen molar-refractivity contribution in [3.63, 3.8) is 0 Å². The highest BCUT2D eigenvalue weighted by Gasteiger charge is 2.18. The third kappa shape index (κ3) is 2.40. The van der Waals surface area contributed by atoms with Crippen LogP contribution in [0.2, 0.25) is 0 Å². The molecule has 1 nitrogen and oxygen atoms in total. The quantitative estimate of drug-likeness (QED) is 0.819. The lowest BCUT2D eigenvalue weighted by Crippen LogP contribution is -2.23. The number of hydrogen-bond donors (Lipinski definition) is 1. The van der Waals surface area contributed by atoms with Crippen molar-refractivity contribution in [3.05, 3.63) is 34.9 Å². The molecule has 2 atom stereocenters. The number of rotatable bonds is 2. The molecule has 1 aromatic carbocycles. The number of nitrogens with one attached hydrogen (secondary N) is 1. The van der Waals surface area contributed by atoms with Crippen molar-refractivity contribution in [2.24, 2.45) is 0 Å². The predicted molar refractivity (Wildman–Crippen MR) is 72.5 cm³/mol. The molecule has 0 amide bonds. The Balaban J connectivity index is 1.79. The second-order valence-corrected chi connectivity index (χ2v) is 5.82. The van der Waals surface area contributed by atoms with E-state index in [1.807, 2.05) is 0 Å². The summed E-state index contributed by atoms with van der Waals surface area (Å²) in [6.07, 6.45) is 7.97. The van der Waals surface area contributed by atoms with Crippen molar-refractivity contribution < 1.29 is 0 Å². The standard InChI is InChI=1S/C16H23N/c1-12-4-2-5-14-8-7-13(11-16(12)14)10-15-6-3-9-17-15/h7-8,11-12,15,17H,2-6,9-10H2,1H3. The van der Waals surface area contributed by atoms with E-state index in [4.69, 9.17) is 0 Å². The lowest BCUT2D eigenvalue weighted by molar-refractivity contribution is 0.582. The van der Waals surface area contributed by atoms with Crippen LogP contribution in [0.5, 0.6) is 0 Å². The summed E-state index contributed by atoms with van der Waals surface area (Å²) in [6.45, 7) is 3.60. The maximum Gasteiger partial charge on any atom is 0.0108 e. The Morgan fingerprint density at radius 3 is 3.00 bits per heavy atom. The summed E-state index contributed by atoms with van der Waals surface area (Å²) in [7, 11) is 0. The van der Waals surface area contributed by atoms with E-state index in [1.54, 1.807) is 11.1 Å². The van der Waals surface area contributed by atoms with Crippen LogP contribution >= 0.6 is 0 Å². The molecule has 2 unspecified atom stereocenters. The molecule has 1 saturated heterocycles. The monoisotopic (exact) mass is 229 g/mol. The summed E-state index contributed by atoms with van der Waals surface area (Å²) in [6, 6.07) is 7.96. The molecule has 0 aromatic heterocycles. The summed E-state index contributed by atoms with van der Waals surface area (Å²) < 4.78 is 0. The van der Waals surface area contributed by atoms with Gasteiger partial charge >= 0.3 is 0 Å². The molecule has 1 N–H and O–H groups in total. The molecule has 0 radical (unpaired) electrons. The van der Waals surface area contributed by atoms with Crippen LogP contribution in [-0.2, 0) is 12.8 Å². The van der Waals surface area contributed by atoms with E-state index in [9.17, 15) is 0 Å². The first-order valence-corrected chi connectivity index (χ1v) is 7.18. The highest BCUT2D eigenvalue weighted by atomic mass is 14.9. The van der Waals surface area contributed by atoms with Crippen molar-refractivity contribution in [3.8, 4) is 0 Å². The molecule has 17 heavy (non-hydrogen) atoms. The van der Waals surface area contributed by atoms with E-state index in [-0.39, 0.29) is 0 Å². The van der Waals surface area contributed by atoms with Gasteiger partial charge in [-0.25, -0.2) is 0 Å². The number of aryl methyl sites for hydroxylation is 1. The fraction of sp³-hybridized carbons (Fsp3) is 0.625. The van der Waals surface area contributed by atoms with Gasteiger partial charge in [0.1, 0.15) is 0 Å². The van der Waals surface area contributed by atoms with E-state index in [2.05, 4.69) is 30.4 Å². The zero-order valence-corrected chi connectivity index (χ0v) is 10.8. The Morgan fingerprint density at radius 1 is 1.24 bits per heavy atom. The first-order valence-electron chi connectivity index (χ1n) is 7.18. The third-order valence-corrected chi connectivity index (χ3v) is 4.47. The van der Waals surface area contributed by atoms with Crippen LogP contribution < -0.4 is 5.32 Å². The van der Waals surface area contributed by atoms with Gasteiger partial charge < -0.3 is 5.32 Å². The molecule has 1 aliphatic carbocycles. The molecule has 1 aliphatic heterocycles. The van der Waals surface area contributed by atoms with Gasteiger partial charge in [-0.3, -0.25) is 0 Å². The summed E-state index contributed by atoms with van der Waals surface area (Å²) in [4.78, 5) is 0. The highest BCUT2D eigenvalue weighted by Crippen LogP contribution is 2.32. The SMILES string of the molecule is CC1CCCc2ccc(CC3CCCN3)cc21. The average molecular weight is 229 g/mol. The molecular formula is C16H23N. The summed E-state index contributed by atoms with van der Waals surface area (Å²) in [5.41, 5.74) is 4.77. The largest absolute Gasteiger partial charge is 0.314 e. The van der Waals surface area contributed by atoms with Gasteiger partial charge in [0, 0.05) is 6.04 Å². The fourth-order valence-corrected chi connectivity index (χ4v) is 3.43. The van der Waals surface area contributed by atoms with Gasteiger partial charge in [-0.05, 0) is 67.7 Å². The summed E-state index contributed by atoms with van der Waals surface area (Å²) in [5, 5.41) is 3.60. The van der Waals surface area contributed by atoms with Crippen molar-refractivity contribution in [2.45, 2.75) is 57.4 Å². The minimum Gasteiger partial charge on any atom is -0.314 e. The molecule has 92 valence electrons. The molecule has 3 rings (SSSR count). The molecular weight excluding hydrogens is 206 g/mol. The molecule has 0 bridgehead atoms. The maximum atomic E-state index is 3.60. The van der Waals surface area contributed by atoms with Gasteiger partial charge in [0.15, 0.2) is 0 Å². The third-order valence-electron chi connectivity index (χ3n) is 4.47. The fourth-order valence-electron chi connectivity index (χ4n) is 3.43. The van der Waals surface area contributed by atoms with Crippen LogP contribution in [0.1, 0.15) is 55.2 Å². The highest BCUT2D eigenvalue weighted by molar-refractivity contribution is 5.36. The topological polar surface area (TPSA) is 12.0 Å². The van der Waals surface area contributed by atoms with Crippen LogP contribution in [0, 0.1) is 0 Å². The molecule has 0 spiro atoms. The molecule has 1 fully saturated rings. The smallest absolute Gasteiger partial charge is 0.0108 e. The average Bonchev–Trinajstić information content (AvgIpc) is 2.83. The lowest BCUT2D eigenvalue weighted by atomic mass is 9.82. The zero-order chi connectivity index (χ0) is 11.7. The number of benzene rings is 1. The van der Waals surface area contributed by atoms with Crippen LogP contribution in [-0.4, -0.2) is 12.6 Å². The second-order valence-electron chi connectivity index (χ2n) is 5.82. The minimum atomic E-state index is 0.729. The Morgan fingerprint density at radius 2 is 2.18 bits per heavy atom. The van der Waals surface area contributed by atoms with E-state index >= 15 is 0 Å². The Labute approximate surface area is 105 Å².